The van der Waals surface area contributed by atoms with E-state index < -0.39 is 0 Å². The second-order valence-electron chi connectivity index (χ2n) is 5.62. The van der Waals surface area contributed by atoms with Gasteiger partial charge in [0.25, 0.3) is 0 Å². The number of nitrogens with one attached hydrogen (secondary N) is 1. The maximum absolute atomic E-state index is 12.6. The highest BCUT2D eigenvalue weighted by Gasteiger charge is 2.17. The second-order valence-corrected chi connectivity index (χ2v) is 6.46. The highest BCUT2D eigenvalue weighted by Crippen LogP contribution is 2.25. The first kappa shape index (κ1) is 16.7. The van der Waals surface area contributed by atoms with E-state index in [1.165, 1.54) is 0 Å². The van der Waals surface area contributed by atoms with E-state index in [4.69, 9.17) is 23.2 Å². The number of benzene rings is 2. The number of amides is 1. The number of fused-ring (bicyclic) bond motifs is 1. The first-order chi connectivity index (χ1) is 11.6. The summed E-state index contributed by atoms with van der Waals surface area (Å²) in [5.41, 5.74) is 1.77. The summed E-state index contributed by atoms with van der Waals surface area (Å²) in [4.78, 5) is 16.7. The SMILES string of the molecule is CC(C(=O)NCc1cc(Cl)ccc1Cl)c1cccc2cnccc12. The highest BCUT2D eigenvalue weighted by molar-refractivity contribution is 6.33. The molecule has 0 aliphatic rings. The van der Waals surface area contributed by atoms with Gasteiger partial charge in [0.1, 0.15) is 0 Å². The van der Waals surface area contributed by atoms with Crippen LogP contribution in [0.15, 0.2) is 54.9 Å². The molecular weight excluding hydrogens is 343 g/mol. The Hall–Kier alpha value is -2.10. The molecule has 1 amide bonds. The van der Waals surface area contributed by atoms with Crippen molar-refractivity contribution in [2.45, 2.75) is 19.4 Å². The van der Waals surface area contributed by atoms with Gasteiger partial charge in [0.05, 0.1) is 5.92 Å². The third kappa shape index (κ3) is 3.53. The normalized spacial score (nSPS) is 12.1. The van der Waals surface area contributed by atoms with Crippen LogP contribution in [0, 0.1) is 0 Å². The Morgan fingerprint density at radius 2 is 2.04 bits per heavy atom. The molecule has 1 atom stereocenters. The van der Waals surface area contributed by atoms with Crippen LogP contribution in [0.2, 0.25) is 10.0 Å². The number of halogens is 2. The van der Waals surface area contributed by atoms with E-state index in [-0.39, 0.29) is 11.8 Å². The Bertz CT molecular complexity index is 890. The zero-order valence-corrected chi connectivity index (χ0v) is 14.6. The fourth-order valence-electron chi connectivity index (χ4n) is 2.68. The quantitative estimate of drug-likeness (QED) is 0.715. The van der Waals surface area contributed by atoms with Gasteiger partial charge < -0.3 is 5.32 Å². The van der Waals surface area contributed by atoms with Crippen molar-refractivity contribution in [2.75, 3.05) is 0 Å². The molecule has 1 unspecified atom stereocenters. The fraction of sp³-hybridized carbons (Fsp3) is 0.158. The molecular formula is C19H16Cl2N2O. The third-order valence-electron chi connectivity index (χ3n) is 4.04. The number of hydrogen-bond donors (Lipinski definition) is 1. The zero-order chi connectivity index (χ0) is 17.1. The minimum atomic E-state index is -0.283. The van der Waals surface area contributed by atoms with E-state index in [9.17, 15) is 4.79 Å². The summed E-state index contributed by atoms with van der Waals surface area (Å²) in [6, 6.07) is 13.0. The predicted molar refractivity (Wildman–Crippen MR) is 98.5 cm³/mol. The van der Waals surface area contributed by atoms with Gasteiger partial charge in [0.15, 0.2) is 0 Å². The minimum absolute atomic E-state index is 0.0599. The molecule has 0 aliphatic carbocycles. The van der Waals surface area contributed by atoms with E-state index in [1.54, 1.807) is 30.6 Å². The second kappa shape index (κ2) is 7.20. The maximum atomic E-state index is 12.6. The van der Waals surface area contributed by atoms with Crippen LogP contribution in [0.1, 0.15) is 24.0 Å². The lowest BCUT2D eigenvalue weighted by atomic mass is 9.95. The zero-order valence-electron chi connectivity index (χ0n) is 13.1. The Morgan fingerprint density at radius 3 is 2.88 bits per heavy atom. The number of rotatable bonds is 4. The van der Waals surface area contributed by atoms with Crippen molar-refractivity contribution >= 4 is 39.9 Å². The summed E-state index contributed by atoms with van der Waals surface area (Å²) in [7, 11) is 0. The van der Waals surface area contributed by atoms with Gasteiger partial charge in [0.2, 0.25) is 5.91 Å². The van der Waals surface area contributed by atoms with Crippen molar-refractivity contribution in [3.05, 3.63) is 76.0 Å². The highest BCUT2D eigenvalue weighted by atomic mass is 35.5. The number of carbonyl (C=O) groups is 1. The summed E-state index contributed by atoms with van der Waals surface area (Å²) in [6.07, 6.45) is 3.54. The molecule has 0 saturated carbocycles. The van der Waals surface area contributed by atoms with E-state index in [0.717, 1.165) is 21.9 Å². The van der Waals surface area contributed by atoms with Crippen molar-refractivity contribution in [3.63, 3.8) is 0 Å². The van der Waals surface area contributed by atoms with Crippen molar-refractivity contribution in [3.8, 4) is 0 Å². The van der Waals surface area contributed by atoms with Gasteiger partial charge in [-0.3, -0.25) is 9.78 Å². The summed E-state index contributed by atoms with van der Waals surface area (Å²) in [6.45, 7) is 2.24. The van der Waals surface area contributed by atoms with Gasteiger partial charge in [0, 0.05) is 34.4 Å². The van der Waals surface area contributed by atoms with Crippen LogP contribution in [0.5, 0.6) is 0 Å². The minimum Gasteiger partial charge on any atom is -0.351 e. The average molecular weight is 359 g/mol. The molecule has 24 heavy (non-hydrogen) atoms. The molecule has 0 bridgehead atoms. The van der Waals surface area contributed by atoms with Crippen LogP contribution in [0.3, 0.4) is 0 Å². The van der Waals surface area contributed by atoms with Gasteiger partial charge in [-0.15, -0.1) is 0 Å². The lowest BCUT2D eigenvalue weighted by Gasteiger charge is -2.15. The molecule has 0 saturated heterocycles. The van der Waals surface area contributed by atoms with E-state index in [0.29, 0.717) is 16.6 Å². The molecule has 3 rings (SSSR count). The van der Waals surface area contributed by atoms with Crippen LogP contribution >= 0.6 is 23.2 Å². The molecule has 3 nitrogen and oxygen atoms in total. The van der Waals surface area contributed by atoms with Gasteiger partial charge >= 0.3 is 0 Å². The number of nitrogens with zero attached hydrogens (tertiary/aromatic N) is 1. The monoisotopic (exact) mass is 358 g/mol. The molecule has 1 aromatic heterocycles. The molecule has 0 radical (unpaired) electrons. The molecule has 0 fully saturated rings. The van der Waals surface area contributed by atoms with Crippen LogP contribution < -0.4 is 5.32 Å². The average Bonchev–Trinajstić information content (AvgIpc) is 2.61. The molecule has 1 heterocycles. The lowest BCUT2D eigenvalue weighted by molar-refractivity contribution is -0.122. The van der Waals surface area contributed by atoms with E-state index in [2.05, 4.69) is 10.3 Å². The molecule has 3 aromatic rings. The van der Waals surface area contributed by atoms with E-state index in [1.807, 2.05) is 31.2 Å². The summed E-state index contributed by atoms with van der Waals surface area (Å²) < 4.78 is 0. The number of carbonyl (C=O) groups excluding carboxylic acids is 1. The molecule has 2 aromatic carbocycles. The van der Waals surface area contributed by atoms with Gasteiger partial charge in [-0.2, -0.15) is 0 Å². The smallest absolute Gasteiger partial charge is 0.227 e. The third-order valence-corrected chi connectivity index (χ3v) is 4.64. The Balaban J connectivity index is 1.78. The molecule has 5 heteroatoms. The van der Waals surface area contributed by atoms with Crippen molar-refractivity contribution in [1.82, 2.24) is 10.3 Å². The maximum Gasteiger partial charge on any atom is 0.227 e. The summed E-state index contributed by atoms with van der Waals surface area (Å²) in [5, 5.41) is 6.17. The molecule has 0 spiro atoms. The Morgan fingerprint density at radius 1 is 1.21 bits per heavy atom. The van der Waals surface area contributed by atoms with Gasteiger partial charge in [-0.05, 0) is 47.7 Å². The van der Waals surface area contributed by atoms with E-state index >= 15 is 0 Å². The molecule has 1 N–H and O–H groups in total. The number of aromatic nitrogens is 1. The van der Waals surface area contributed by atoms with Gasteiger partial charge in [-0.25, -0.2) is 0 Å². The topological polar surface area (TPSA) is 42.0 Å². The first-order valence-electron chi connectivity index (χ1n) is 7.60. The largest absolute Gasteiger partial charge is 0.351 e. The van der Waals surface area contributed by atoms with Crippen LogP contribution in [0.25, 0.3) is 10.8 Å². The Labute approximate surface area is 150 Å². The van der Waals surface area contributed by atoms with Gasteiger partial charge in [-0.1, -0.05) is 41.4 Å². The number of pyridine rings is 1. The standard InChI is InChI=1S/C19H16Cl2N2O/c1-12(16-4-2-3-13-10-22-8-7-17(13)16)19(24)23-11-14-9-15(20)5-6-18(14)21/h2-10,12H,11H2,1H3,(H,23,24). The van der Waals surface area contributed by atoms with Crippen LogP contribution in [0.4, 0.5) is 0 Å². The van der Waals surface area contributed by atoms with Crippen molar-refractivity contribution < 1.29 is 4.79 Å². The molecule has 0 aliphatic heterocycles. The van der Waals surface area contributed by atoms with Crippen LogP contribution in [-0.2, 0) is 11.3 Å². The van der Waals surface area contributed by atoms with Crippen molar-refractivity contribution in [1.29, 1.82) is 0 Å². The predicted octanol–water partition coefficient (Wildman–Crippen LogP) is 4.96. The fourth-order valence-corrected chi connectivity index (χ4v) is 3.06. The molecule has 122 valence electrons. The lowest BCUT2D eigenvalue weighted by Crippen LogP contribution is -2.27. The number of hydrogen-bond acceptors (Lipinski definition) is 2. The summed E-state index contributed by atoms with van der Waals surface area (Å²) >= 11 is 12.1. The Kier molecular flexibility index (Phi) is 5.03. The van der Waals surface area contributed by atoms with Crippen LogP contribution in [-0.4, -0.2) is 10.9 Å². The summed E-state index contributed by atoms with van der Waals surface area (Å²) in [5.74, 6) is -0.343. The first-order valence-corrected chi connectivity index (χ1v) is 8.36. The van der Waals surface area contributed by atoms with Crippen molar-refractivity contribution in [2.24, 2.45) is 0 Å².